The Balaban J connectivity index is 1.92. The molecule has 3 nitrogen and oxygen atoms in total. The molecule has 0 fully saturated rings. The maximum Gasteiger partial charge on any atom is 0.0996 e. The molecule has 1 atom stereocenters. The van der Waals surface area contributed by atoms with E-state index >= 15 is 0 Å². The first-order valence-corrected chi connectivity index (χ1v) is 7.36. The SMILES string of the molecule is CC(Nc1cccc2[nH]ncc12)c1cc(Cl)sc1Cl. The fourth-order valence-corrected chi connectivity index (χ4v) is 3.70. The molecule has 0 radical (unpaired) electrons. The molecule has 2 heterocycles. The molecule has 0 bridgehead atoms. The molecule has 6 heteroatoms. The van der Waals surface area contributed by atoms with Crippen LogP contribution < -0.4 is 5.32 Å². The lowest BCUT2D eigenvalue weighted by Gasteiger charge is -2.15. The van der Waals surface area contributed by atoms with Crippen molar-refractivity contribution in [1.29, 1.82) is 0 Å². The highest BCUT2D eigenvalue weighted by Gasteiger charge is 2.14. The summed E-state index contributed by atoms with van der Waals surface area (Å²) in [5, 5.41) is 11.5. The molecule has 0 spiro atoms. The van der Waals surface area contributed by atoms with Crippen LogP contribution in [0.3, 0.4) is 0 Å². The molecule has 1 unspecified atom stereocenters. The summed E-state index contributed by atoms with van der Waals surface area (Å²) in [5.41, 5.74) is 3.04. The number of hydrogen-bond acceptors (Lipinski definition) is 3. The Morgan fingerprint density at radius 2 is 2.21 bits per heavy atom. The van der Waals surface area contributed by atoms with E-state index in [4.69, 9.17) is 23.2 Å². The number of fused-ring (bicyclic) bond motifs is 1. The van der Waals surface area contributed by atoms with Crippen molar-refractivity contribution in [2.75, 3.05) is 5.32 Å². The van der Waals surface area contributed by atoms with Crippen molar-refractivity contribution in [3.63, 3.8) is 0 Å². The van der Waals surface area contributed by atoms with Crippen LogP contribution in [0.4, 0.5) is 5.69 Å². The molecule has 0 saturated heterocycles. The summed E-state index contributed by atoms with van der Waals surface area (Å²) >= 11 is 13.5. The first kappa shape index (κ1) is 12.8. The third kappa shape index (κ3) is 2.43. The quantitative estimate of drug-likeness (QED) is 0.706. The van der Waals surface area contributed by atoms with Crippen molar-refractivity contribution in [2.24, 2.45) is 0 Å². The number of benzene rings is 1. The van der Waals surface area contributed by atoms with Crippen molar-refractivity contribution < 1.29 is 0 Å². The Labute approximate surface area is 124 Å². The van der Waals surface area contributed by atoms with Crippen LogP contribution in [0, 0.1) is 0 Å². The second-order valence-corrected chi connectivity index (χ2v) is 6.57. The summed E-state index contributed by atoms with van der Waals surface area (Å²) in [6, 6.07) is 7.99. The standard InChI is InChI=1S/C13H11Cl2N3S/c1-7(8-5-12(14)19-13(8)15)17-10-3-2-4-11-9(10)6-16-18-11/h2-7,17H,1H3,(H,16,18). The van der Waals surface area contributed by atoms with Gasteiger partial charge in [0.2, 0.25) is 0 Å². The van der Waals surface area contributed by atoms with Gasteiger partial charge < -0.3 is 5.32 Å². The van der Waals surface area contributed by atoms with E-state index in [-0.39, 0.29) is 6.04 Å². The molecule has 98 valence electrons. The van der Waals surface area contributed by atoms with Crippen molar-refractivity contribution in [1.82, 2.24) is 10.2 Å². The van der Waals surface area contributed by atoms with Gasteiger partial charge in [-0.15, -0.1) is 11.3 Å². The van der Waals surface area contributed by atoms with Crippen molar-refractivity contribution in [3.8, 4) is 0 Å². The molecule has 0 saturated carbocycles. The summed E-state index contributed by atoms with van der Waals surface area (Å²) < 4.78 is 1.43. The number of rotatable bonds is 3. The van der Waals surface area contributed by atoms with E-state index in [1.165, 1.54) is 11.3 Å². The van der Waals surface area contributed by atoms with E-state index in [0.29, 0.717) is 4.34 Å². The molecule has 0 aliphatic rings. The number of nitrogens with one attached hydrogen (secondary N) is 2. The van der Waals surface area contributed by atoms with Gasteiger partial charge in [-0.2, -0.15) is 5.10 Å². The van der Waals surface area contributed by atoms with Gasteiger partial charge in [-0.3, -0.25) is 5.10 Å². The van der Waals surface area contributed by atoms with Gasteiger partial charge in [0.15, 0.2) is 0 Å². The molecule has 0 aliphatic heterocycles. The summed E-state index contributed by atoms with van der Waals surface area (Å²) in [4.78, 5) is 0. The number of halogens is 2. The highest BCUT2D eigenvalue weighted by molar-refractivity contribution is 7.20. The van der Waals surface area contributed by atoms with E-state index in [0.717, 1.165) is 26.5 Å². The number of nitrogens with zero attached hydrogens (tertiary/aromatic N) is 1. The maximum absolute atomic E-state index is 6.18. The van der Waals surface area contributed by atoms with Crippen LogP contribution in [0.5, 0.6) is 0 Å². The molecular weight excluding hydrogens is 301 g/mol. The molecule has 2 N–H and O–H groups in total. The molecule has 19 heavy (non-hydrogen) atoms. The Morgan fingerprint density at radius 3 is 2.95 bits per heavy atom. The van der Waals surface area contributed by atoms with Gasteiger partial charge in [-0.25, -0.2) is 0 Å². The normalized spacial score (nSPS) is 12.8. The van der Waals surface area contributed by atoms with Crippen LogP contribution in [0.2, 0.25) is 8.67 Å². The molecule has 3 rings (SSSR count). The zero-order chi connectivity index (χ0) is 13.4. The second kappa shape index (κ2) is 5.04. The fourth-order valence-electron chi connectivity index (χ4n) is 2.05. The van der Waals surface area contributed by atoms with Crippen LogP contribution in [-0.4, -0.2) is 10.2 Å². The van der Waals surface area contributed by atoms with E-state index in [2.05, 4.69) is 22.4 Å². The zero-order valence-corrected chi connectivity index (χ0v) is 12.4. The Morgan fingerprint density at radius 1 is 1.37 bits per heavy atom. The topological polar surface area (TPSA) is 40.7 Å². The molecular formula is C13H11Cl2N3S. The third-order valence-electron chi connectivity index (χ3n) is 3.01. The third-order valence-corrected chi connectivity index (χ3v) is 4.52. The van der Waals surface area contributed by atoms with Crippen molar-refractivity contribution >= 4 is 51.1 Å². The molecule has 2 aromatic heterocycles. The van der Waals surface area contributed by atoms with Crippen molar-refractivity contribution in [3.05, 3.63) is 44.7 Å². The van der Waals surface area contributed by atoms with Crippen LogP contribution in [0.1, 0.15) is 18.5 Å². The van der Waals surface area contributed by atoms with E-state index in [1.807, 2.05) is 30.5 Å². The average Bonchev–Trinajstić information content (AvgIpc) is 2.96. The first-order chi connectivity index (χ1) is 9.15. The minimum Gasteiger partial charge on any atom is -0.378 e. The maximum atomic E-state index is 6.18. The largest absolute Gasteiger partial charge is 0.378 e. The number of aromatic amines is 1. The van der Waals surface area contributed by atoms with Crippen LogP contribution >= 0.6 is 34.5 Å². The van der Waals surface area contributed by atoms with Gasteiger partial charge >= 0.3 is 0 Å². The summed E-state index contributed by atoms with van der Waals surface area (Å²) in [5.74, 6) is 0. The predicted molar refractivity (Wildman–Crippen MR) is 82.5 cm³/mol. The van der Waals surface area contributed by atoms with Gasteiger partial charge in [-0.1, -0.05) is 29.3 Å². The number of aromatic nitrogens is 2. The Hall–Kier alpha value is -1.23. The number of anilines is 1. The first-order valence-electron chi connectivity index (χ1n) is 5.78. The van der Waals surface area contributed by atoms with Gasteiger partial charge in [0.25, 0.3) is 0 Å². The Bertz CT molecular complexity index is 720. The van der Waals surface area contributed by atoms with Gasteiger partial charge in [0, 0.05) is 16.6 Å². The van der Waals surface area contributed by atoms with Crippen LogP contribution in [0.25, 0.3) is 10.9 Å². The van der Waals surface area contributed by atoms with Gasteiger partial charge in [0.05, 0.1) is 26.4 Å². The average molecular weight is 312 g/mol. The molecule has 0 aliphatic carbocycles. The minimum atomic E-state index is 0.0803. The van der Waals surface area contributed by atoms with Gasteiger partial charge in [-0.05, 0) is 25.1 Å². The smallest absolute Gasteiger partial charge is 0.0996 e. The second-order valence-electron chi connectivity index (χ2n) is 4.28. The Kier molecular flexibility index (Phi) is 3.39. The summed E-state index contributed by atoms with van der Waals surface area (Å²) in [6.07, 6.45) is 1.81. The number of hydrogen-bond donors (Lipinski definition) is 2. The highest BCUT2D eigenvalue weighted by atomic mass is 35.5. The summed E-state index contributed by atoms with van der Waals surface area (Å²) in [7, 11) is 0. The fraction of sp³-hybridized carbons (Fsp3) is 0.154. The molecule has 0 amide bonds. The number of thiophene rings is 1. The minimum absolute atomic E-state index is 0.0803. The van der Waals surface area contributed by atoms with E-state index in [1.54, 1.807) is 0 Å². The highest BCUT2D eigenvalue weighted by Crippen LogP contribution is 2.36. The van der Waals surface area contributed by atoms with Gasteiger partial charge in [0.1, 0.15) is 0 Å². The summed E-state index contributed by atoms with van der Waals surface area (Å²) in [6.45, 7) is 2.06. The van der Waals surface area contributed by atoms with Crippen molar-refractivity contribution in [2.45, 2.75) is 13.0 Å². The van der Waals surface area contributed by atoms with E-state index in [9.17, 15) is 0 Å². The predicted octanol–water partition coefficient (Wildman–Crippen LogP) is 5.10. The monoisotopic (exact) mass is 311 g/mol. The lowest BCUT2D eigenvalue weighted by atomic mass is 10.1. The van der Waals surface area contributed by atoms with E-state index < -0.39 is 0 Å². The lowest BCUT2D eigenvalue weighted by Crippen LogP contribution is -2.06. The van der Waals surface area contributed by atoms with Crippen LogP contribution in [-0.2, 0) is 0 Å². The molecule has 1 aromatic carbocycles. The number of H-pyrrole nitrogens is 1. The molecule has 3 aromatic rings. The lowest BCUT2D eigenvalue weighted by molar-refractivity contribution is 0.893. The van der Waals surface area contributed by atoms with Crippen LogP contribution in [0.15, 0.2) is 30.5 Å². The zero-order valence-electron chi connectivity index (χ0n) is 10.1.